The van der Waals surface area contributed by atoms with E-state index in [0.717, 1.165) is 43.3 Å². The molecule has 0 radical (unpaired) electrons. The number of hydrogen-bond acceptors (Lipinski definition) is 3. The molecule has 3 aliphatic carbocycles. The van der Waals surface area contributed by atoms with Crippen molar-refractivity contribution in [1.82, 2.24) is 0 Å². The van der Waals surface area contributed by atoms with Gasteiger partial charge in [0.05, 0.1) is 18.1 Å². The van der Waals surface area contributed by atoms with Crippen LogP contribution < -0.4 is 0 Å². The lowest BCUT2D eigenvalue weighted by Gasteiger charge is -2.43. The highest BCUT2D eigenvalue weighted by molar-refractivity contribution is 5.70. The molecule has 0 aromatic rings. The molecule has 0 aromatic heterocycles. The molecule has 0 amide bonds. The van der Waals surface area contributed by atoms with E-state index in [9.17, 15) is 20.1 Å². The van der Waals surface area contributed by atoms with Crippen LogP contribution in [0.5, 0.6) is 0 Å². The fourth-order valence-corrected chi connectivity index (χ4v) is 5.74. The first kappa shape index (κ1) is 19.4. The van der Waals surface area contributed by atoms with E-state index in [1.807, 2.05) is 13.0 Å². The summed E-state index contributed by atoms with van der Waals surface area (Å²) in [5, 5.41) is 29.4. The van der Waals surface area contributed by atoms with Gasteiger partial charge in [0, 0.05) is 6.42 Å². The van der Waals surface area contributed by atoms with Crippen LogP contribution in [-0.4, -0.2) is 33.5 Å². The Morgan fingerprint density at radius 2 is 2.04 bits per heavy atom. The molecular formula is C22H32O4. The van der Waals surface area contributed by atoms with Crippen LogP contribution in [0.25, 0.3) is 0 Å². The third-order valence-corrected chi connectivity index (χ3v) is 7.30. The Hall–Kier alpha value is -1.39. The largest absolute Gasteiger partial charge is 0.481 e. The van der Waals surface area contributed by atoms with Crippen LogP contribution in [0.2, 0.25) is 0 Å². The van der Waals surface area contributed by atoms with E-state index < -0.39 is 18.2 Å². The van der Waals surface area contributed by atoms with Crippen molar-refractivity contribution < 1.29 is 20.1 Å². The lowest BCUT2D eigenvalue weighted by Crippen LogP contribution is -2.38. The van der Waals surface area contributed by atoms with Gasteiger partial charge in [0.25, 0.3) is 0 Å². The highest BCUT2D eigenvalue weighted by atomic mass is 16.4. The SMILES string of the molecule is C=C1C(=CC=C2CCC[C@]3(C)[C@@H]([C@H](C)C(=O)O)CC[C@@H]23)C[C@@H](O)C[C@H]1O. The topological polar surface area (TPSA) is 77.8 Å². The predicted molar refractivity (Wildman–Crippen MR) is 102 cm³/mol. The molecule has 0 unspecified atom stereocenters. The summed E-state index contributed by atoms with van der Waals surface area (Å²) < 4.78 is 0. The number of hydrogen-bond donors (Lipinski definition) is 3. The summed E-state index contributed by atoms with van der Waals surface area (Å²) in [6, 6.07) is 0. The number of allylic oxidation sites excluding steroid dienone is 3. The van der Waals surface area contributed by atoms with Gasteiger partial charge in [-0.1, -0.05) is 38.2 Å². The first-order chi connectivity index (χ1) is 12.2. The smallest absolute Gasteiger partial charge is 0.306 e. The summed E-state index contributed by atoms with van der Waals surface area (Å²) in [6.45, 7) is 8.12. The number of aliphatic hydroxyl groups excluding tert-OH is 2. The second-order valence-electron chi connectivity index (χ2n) is 8.79. The molecule has 3 aliphatic rings. The van der Waals surface area contributed by atoms with E-state index in [-0.39, 0.29) is 17.3 Å². The number of rotatable bonds is 3. The molecule has 6 atom stereocenters. The van der Waals surface area contributed by atoms with Gasteiger partial charge in [0.1, 0.15) is 0 Å². The van der Waals surface area contributed by atoms with Crippen LogP contribution in [0.1, 0.15) is 58.8 Å². The molecule has 4 nitrogen and oxygen atoms in total. The minimum absolute atomic E-state index is 0.0585. The van der Waals surface area contributed by atoms with Gasteiger partial charge < -0.3 is 15.3 Å². The van der Waals surface area contributed by atoms with Crippen LogP contribution in [0.4, 0.5) is 0 Å². The Balaban J connectivity index is 1.83. The molecule has 0 aliphatic heterocycles. The van der Waals surface area contributed by atoms with E-state index in [0.29, 0.717) is 18.8 Å². The van der Waals surface area contributed by atoms with Gasteiger partial charge in [-0.25, -0.2) is 0 Å². The minimum atomic E-state index is -0.684. The molecule has 3 saturated carbocycles. The van der Waals surface area contributed by atoms with E-state index in [1.165, 1.54) is 5.57 Å². The second-order valence-corrected chi connectivity index (χ2v) is 8.79. The second kappa shape index (κ2) is 7.32. The van der Waals surface area contributed by atoms with Crippen molar-refractivity contribution >= 4 is 5.97 Å². The minimum Gasteiger partial charge on any atom is -0.481 e. The molecule has 0 spiro atoms. The van der Waals surface area contributed by atoms with Crippen molar-refractivity contribution in [1.29, 1.82) is 0 Å². The lowest BCUT2D eigenvalue weighted by atomic mass is 9.61. The van der Waals surface area contributed by atoms with E-state index >= 15 is 0 Å². The highest BCUT2D eigenvalue weighted by Crippen LogP contribution is 2.59. The summed E-state index contributed by atoms with van der Waals surface area (Å²) in [5.41, 5.74) is 3.11. The van der Waals surface area contributed by atoms with E-state index in [1.54, 1.807) is 0 Å². The molecule has 0 bridgehead atoms. The van der Waals surface area contributed by atoms with Crippen molar-refractivity contribution in [2.24, 2.45) is 23.2 Å². The molecule has 0 saturated heterocycles. The monoisotopic (exact) mass is 360 g/mol. The van der Waals surface area contributed by atoms with Crippen LogP contribution in [0, 0.1) is 23.2 Å². The zero-order valence-electron chi connectivity index (χ0n) is 15.9. The number of aliphatic hydroxyl groups is 2. The average molecular weight is 360 g/mol. The summed E-state index contributed by atoms with van der Waals surface area (Å²) >= 11 is 0. The highest BCUT2D eigenvalue weighted by Gasteiger charge is 2.51. The number of carbonyl (C=O) groups is 1. The Labute approximate surface area is 156 Å². The first-order valence-electron chi connectivity index (χ1n) is 9.91. The summed E-state index contributed by atoms with van der Waals surface area (Å²) in [4.78, 5) is 11.5. The standard InChI is InChI=1S/C22H32O4/c1-13-16(11-17(23)12-20(13)24)7-6-15-5-4-10-22(3)18(8-9-19(15)22)14(2)21(25)26/h6-7,14,17-20,23-24H,1,4-5,8-12H2,2-3H3,(H,25,26)/t14-,17+,18+,19-,20+,22+/m0/s1. The van der Waals surface area contributed by atoms with Gasteiger partial charge >= 0.3 is 5.97 Å². The van der Waals surface area contributed by atoms with Gasteiger partial charge in [0.15, 0.2) is 0 Å². The maximum atomic E-state index is 11.5. The summed E-state index contributed by atoms with van der Waals surface area (Å²) in [5.74, 6) is -0.316. The van der Waals surface area contributed by atoms with Gasteiger partial charge in [-0.2, -0.15) is 0 Å². The number of carboxylic acid groups (broad SMARTS) is 1. The molecule has 144 valence electrons. The van der Waals surface area contributed by atoms with Crippen LogP contribution in [-0.2, 0) is 4.79 Å². The lowest BCUT2D eigenvalue weighted by molar-refractivity contribution is -0.144. The maximum absolute atomic E-state index is 11.5. The molecule has 4 heteroatoms. The number of aliphatic carboxylic acids is 1. The molecular weight excluding hydrogens is 328 g/mol. The zero-order chi connectivity index (χ0) is 19.1. The van der Waals surface area contributed by atoms with Crippen molar-refractivity contribution in [3.8, 4) is 0 Å². The van der Waals surface area contributed by atoms with E-state index in [2.05, 4.69) is 19.6 Å². The van der Waals surface area contributed by atoms with Crippen LogP contribution >= 0.6 is 0 Å². The molecule has 0 aromatic carbocycles. The molecule has 3 N–H and O–H groups in total. The fourth-order valence-electron chi connectivity index (χ4n) is 5.74. The van der Waals surface area contributed by atoms with Gasteiger partial charge in [-0.15, -0.1) is 0 Å². The fraction of sp³-hybridized carbons (Fsp3) is 0.682. The van der Waals surface area contributed by atoms with Crippen LogP contribution in [0.3, 0.4) is 0 Å². The third kappa shape index (κ3) is 3.41. The van der Waals surface area contributed by atoms with Crippen molar-refractivity contribution in [2.75, 3.05) is 0 Å². The van der Waals surface area contributed by atoms with Crippen molar-refractivity contribution in [3.05, 3.63) is 35.5 Å². The Bertz CT molecular complexity index is 647. The maximum Gasteiger partial charge on any atom is 0.306 e. The first-order valence-corrected chi connectivity index (χ1v) is 9.91. The molecule has 0 heterocycles. The predicted octanol–water partition coefficient (Wildman–Crippen LogP) is 3.85. The molecule has 3 rings (SSSR count). The zero-order valence-corrected chi connectivity index (χ0v) is 15.9. The Morgan fingerprint density at radius 3 is 2.73 bits per heavy atom. The van der Waals surface area contributed by atoms with Crippen molar-refractivity contribution in [3.63, 3.8) is 0 Å². The number of fused-ring (bicyclic) bond motifs is 1. The molecule has 3 fully saturated rings. The Kier molecular flexibility index (Phi) is 5.45. The Morgan fingerprint density at radius 1 is 1.31 bits per heavy atom. The summed E-state index contributed by atoms with van der Waals surface area (Å²) in [7, 11) is 0. The van der Waals surface area contributed by atoms with Crippen molar-refractivity contribution in [2.45, 2.75) is 71.0 Å². The number of carboxylic acids is 1. The van der Waals surface area contributed by atoms with Gasteiger partial charge in [-0.05, 0) is 66.9 Å². The average Bonchev–Trinajstić information content (AvgIpc) is 2.93. The molecule has 26 heavy (non-hydrogen) atoms. The summed E-state index contributed by atoms with van der Waals surface area (Å²) in [6.07, 6.45) is 9.21. The normalized spacial score (nSPS) is 42.1. The van der Waals surface area contributed by atoms with Gasteiger partial charge in [0.2, 0.25) is 0 Å². The van der Waals surface area contributed by atoms with Crippen LogP contribution in [0.15, 0.2) is 35.5 Å². The third-order valence-electron chi connectivity index (χ3n) is 7.30. The van der Waals surface area contributed by atoms with E-state index in [4.69, 9.17) is 0 Å². The quantitative estimate of drug-likeness (QED) is 0.714. The van der Waals surface area contributed by atoms with Gasteiger partial charge in [-0.3, -0.25) is 4.79 Å².